The minimum atomic E-state index is 0.100. The maximum absolute atomic E-state index is 13.0. The number of amides is 1. The molecule has 136 valence electrons. The van der Waals surface area contributed by atoms with Crippen LogP contribution in [0.3, 0.4) is 0 Å². The molecule has 2 aliphatic heterocycles. The Bertz CT molecular complexity index is 756. The molecule has 5 heteroatoms. The van der Waals surface area contributed by atoms with Crippen molar-refractivity contribution in [2.75, 3.05) is 19.9 Å². The molecule has 0 spiro atoms. The van der Waals surface area contributed by atoms with Crippen LogP contribution in [0.5, 0.6) is 11.5 Å². The van der Waals surface area contributed by atoms with E-state index in [9.17, 15) is 4.79 Å². The molecule has 0 N–H and O–H groups in total. The lowest BCUT2D eigenvalue weighted by atomic mass is 10.1. The Morgan fingerprint density at radius 3 is 2.69 bits per heavy atom. The number of carbonyl (C=O) groups excluding carboxylic acids is 1. The molecular weight excluding hydrogens is 330 g/mol. The van der Waals surface area contributed by atoms with Gasteiger partial charge in [0.1, 0.15) is 0 Å². The predicted molar refractivity (Wildman–Crippen MR) is 97.1 cm³/mol. The highest BCUT2D eigenvalue weighted by molar-refractivity contribution is 5.79. The quantitative estimate of drug-likeness (QED) is 0.800. The molecule has 1 saturated heterocycles. The van der Waals surface area contributed by atoms with E-state index < -0.39 is 0 Å². The van der Waals surface area contributed by atoms with Crippen molar-refractivity contribution in [2.45, 2.75) is 31.9 Å². The summed E-state index contributed by atoms with van der Waals surface area (Å²) in [6.45, 7) is 2.27. The molecule has 1 atom stereocenters. The van der Waals surface area contributed by atoms with E-state index in [0.29, 0.717) is 25.3 Å². The van der Waals surface area contributed by atoms with Crippen LogP contribution < -0.4 is 9.47 Å². The highest BCUT2D eigenvalue weighted by atomic mass is 16.7. The fourth-order valence-corrected chi connectivity index (χ4v) is 3.43. The van der Waals surface area contributed by atoms with Crippen LogP contribution >= 0.6 is 0 Å². The summed E-state index contributed by atoms with van der Waals surface area (Å²) in [5.41, 5.74) is 2.06. The second-order valence-corrected chi connectivity index (χ2v) is 6.76. The fraction of sp³-hybridized carbons (Fsp3) is 0.381. The smallest absolute Gasteiger partial charge is 0.231 e. The zero-order valence-electron chi connectivity index (χ0n) is 14.7. The molecule has 2 heterocycles. The van der Waals surface area contributed by atoms with Crippen molar-refractivity contribution in [1.82, 2.24) is 4.90 Å². The fourth-order valence-electron chi connectivity index (χ4n) is 3.43. The van der Waals surface area contributed by atoms with Crippen LogP contribution in [0.4, 0.5) is 0 Å². The number of ether oxygens (including phenoxy) is 3. The Morgan fingerprint density at radius 1 is 1.04 bits per heavy atom. The van der Waals surface area contributed by atoms with Gasteiger partial charge in [-0.05, 0) is 36.1 Å². The maximum Gasteiger partial charge on any atom is 0.231 e. The average molecular weight is 353 g/mol. The summed E-state index contributed by atoms with van der Waals surface area (Å²) in [5, 5.41) is 0. The Labute approximate surface area is 153 Å². The third kappa shape index (κ3) is 3.99. The average Bonchev–Trinajstić information content (AvgIpc) is 3.33. The molecule has 4 rings (SSSR count). The van der Waals surface area contributed by atoms with E-state index >= 15 is 0 Å². The predicted octanol–water partition coefficient (Wildman–Crippen LogP) is 3.17. The molecule has 0 bridgehead atoms. The summed E-state index contributed by atoms with van der Waals surface area (Å²) in [7, 11) is 0. The lowest BCUT2D eigenvalue weighted by Crippen LogP contribution is -2.37. The number of rotatable bonds is 6. The number of hydrogen-bond acceptors (Lipinski definition) is 4. The van der Waals surface area contributed by atoms with Gasteiger partial charge in [0.25, 0.3) is 0 Å². The molecule has 5 nitrogen and oxygen atoms in total. The molecule has 26 heavy (non-hydrogen) atoms. The van der Waals surface area contributed by atoms with Crippen LogP contribution in [0.15, 0.2) is 48.5 Å². The molecule has 0 aromatic heterocycles. The van der Waals surface area contributed by atoms with Gasteiger partial charge in [0.05, 0.1) is 12.5 Å². The van der Waals surface area contributed by atoms with Gasteiger partial charge in [-0.3, -0.25) is 4.79 Å². The van der Waals surface area contributed by atoms with Crippen LogP contribution in [-0.2, 0) is 22.5 Å². The summed E-state index contributed by atoms with van der Waals surface area (Å²) in [4.78, 5) is 14.9. The van der Waals surface area contributed by atoms with Gasteiger partial charge < -0.3 is 19.1 Å². The van der Waals surface area contributed by atoms with Crippen molar-refractivity contribution in [1.29, 1.82) is 0 Å². The van der Waals surface area contributed by atoms with Crippen LogP contribution in [0, 0.1) is 0 Å². The van der Waals surface area contributed by atoms with Gasteiger partial charge >= 0.3 is 0 Å². The second-order valence-electron chi connectivity index (χ2n) is 6.76. The van der Waals surface area contributed by atoms with Crippen LogP contribution in [-0.4, -0.2) is 36.9 Å². The highest BCUT2D eigenvalue weighted by Gasteiger charge is 2.23. The summed E-state index contributed by atoms with van der Waals surface area (Å²) >= 11 is 0. The number of benzene rings is 2. The van der Waals surface area contributed by atoms with Crippen molar-refractivity contribution >= 4 is 5.91 Å². The van der Waals surface area contributed by atoms with Crippen molar-refractivity contribution < 1.29 is 19.0 Å². The lowest BCUT2D eigenvalue weighted by Gasteiger charge is -2.26. The molecule has 1 amide bonds. The monoisotopic (exact) mass is 353 g/mol. The van der Waals surface area contributed by atoms with Gasteiger partial charge in [-0.2, -0.15) is 0 Å². The lowest BCUT2D eigenvalue weighted by molar-refractivity contribution is -0.132. The van der Waals surface area contributed by atoms with Crippen LogP contribution in [0.25, 0.3) is 0 Å². The third-order valence-corrected chi connectivity index (χ3v) is 4.81. The first-order valence-corrected chi connectivity index (χ1v) is 9.10. The summed E-state index contributed by atoms with van der Waals surface area (Å²) < 4.78 is 16.5. The first-order chi connectivity index (χ1) is 12.8. The summed E-state index contributed by atoms with van der Waals surface area (Å²) in [5.74, 6) is 1.55. The van der Waals surface area contributed by atoms with E-state index in [1.54, 1.807) is 0 Å². The summed E-state index contributed by atoms with van der Waals surface area (Å²) in [6, 6.07) is 15.8. The van der Waals surface area contributed by atoms with Crippen molar-refractivity contribution in [3.05, 3.63) is 59.7 Å². The molecule has 0 saturated carbocycles. The van der Waals surface area contributed by atoms with E-state index in [1.807, 2.05) is 41.3 Å². The van der Waals surface area contributed by atoms with E-state index in [0.717, 1.165) is 36.3 Å². The molecule has 1 fully saturated rings. The first-order valence-electron chi connectivity index (χ1n) is 9.10. The van der Waals surface area contributed by atoms with E-state index in [2.05, 4.69) is 12.1 Å². The minimum Gasteiger partial charge on any atom is -0.454 e. The number of fused-ring (bicyclic) bond motifs is 1. The maximum atomic E-state index is 13.0. The zero-order valence-corrected chi connectivity index (χ0v) is 14.7. The van der Waals surface area contributed by atoms with Crippen molar-refractivity contribution in [3.63, 3.8) is 0 Å². The summed E-state index contributed by atoms with van der Waals surface area (Å²) in [6.07, 6.45) is 2.57. The van der Waals surface area contributed by atoms with E-state index in [-0.39, 0.29) is 18.8 Å². The molecule has 0 radical (unpaired) electrons. The zero-order chi connectivity index (χ0) is 17.8. The Morgan fingerprint density at radius 2 is 1.88 bits per heavy atom. The van der Waals surface area contributed by atoms with Gasteiger partial charge in [0.15, 0.2) is 11.5 Å². The largest absolute Gasteiger partial charge is 0.454 e. The third-order valence-electron chi connectivity index (χ3n) is 4.81. The van der Waals surface area contributed by atoms with Gasteiger partial charge in [-0.1, -0.05) is 36.4 Å². The number of carbonyl (C=O) groups is 1. The number of nitrogens with zero attached hydrogens (tertiary/aromatic N) is 1. The van der Waals surface area contributed by atoms with E-state index in [4.69, 9.17) is 14.2 Å². The van der Waals surface area contributed by atoms with Gasteiger partial charge in [0, 0.05) is 19.7 Å². The van der Waals surface area contributed by atoms with Crippen molar-refractivity contribution in [2.24, 2.45) is 0 Å². The first kappa shape index (κ1) is 16.9. The SMILES string of the molecule is O=C(Cc1ccc2c(c1)OCO2)N(Cc1ccccc1)C[C@H]1CCCO1. The topological polar surface area (TPSA) is 48.0 Å². The molecule has 0 aliphatic carbocycles. The van der Waals surface area contributed by atoms with Gasteiger partial charge in [0.2, 0.25) is 12.7 Å². The standard InChI is InChI=1S/C21H23NO4/c23-21(12-17-8-9-19-20(11-17)26-15-25-19)22(14-18-7-4-10-24-18)13-16-5-2-1-3-6-16/h1-3,5-6,8-9,11,18H,4,7,10,12-15H2/t18-/m1/s1. The van der Waals surface area contributed by atoms with E-state index in [1.165, 1.54) is 0 Å². The Balaban J connectivity index is 1.47. The van der Waals surface area contributed by atoms with Gasteiger partial charge in [-0.15, -0.1) is 0 Å². The van der Waals surface area contributed by atoms with Gasteiger partial charge in [-0.25, -0.2) is 0 Å². The molecule has 2 aromatic carbocycles. The van der Waals surface area contributed by atoms with Crippen LogP contribution in [0.1, 0.15) is 24.0 Å². The number of hydrogen-bond donors (Lipinski definition) is 0. The Hall–Kier alpha value is -2.53. The normalized spacial score (nSPS) is 18.1. The molecule has 0 unspecified atom stereocenters. The van der Waals surface area contributed by atoms with Crippen molar-refractivity contribution in [3.8, 4) is 11.5 Å². The molecule has 2 aliphatic rings. The molecule has 2 aromatic rings. The highest BCUT2D eigenvalue weighted by Crippen LogP contribution is 2.32. The molecular formula is C21H23NO4. The second kappa shape index (κ2) is 7.79. The minimum absolute atomic E-state index is 0.100. The van der Waals surface area contributed by atoms with Crippen LogP contribution in [0.2, 0.25) is 0 Å². The Kier molecular flexibility index (Phi) is 5.07.